The molecule has 1 atom stereocenters. The number of amides is 1. The molecule has 0 radical (unpaired) electrons. The molecule has 2 heterocycles. The minimum absolute atomic E-state index is 0.0260. The smallest absolute Gasteiger partial charge is 0.315 e. The number of allylic oxidation sites excluding steroid dienone is 6. The first-order valence-corrected chi connectivity index (χ1v) is 10.1. The van der Waals surface area contributed by atoms with E-state index in [0.29, 0.717) is 18.8 Å². The van der Waals surface area contributed by atoms with Gasteiger partial charge in [-0.25, -0.2) is 0 Å². The quantitative estimate of drug-likeness (QED) is 0.873. The van der Waals surface area contributed by atoms with Crippen molar-refractivity contribution in [3.8, 4) is 5.75 Å². The number of hydrogen-bond donors (Lipinski definition) is 1. The van der Waals surface area contributed by atoms with Gasteiger partial charge in [0, 0.05) is 31.5 Å². The number of carbonyl (C=O) groups is 1. The van der Waals surface area contributed by atoms with Gasteiger partial charge in [-0.05, 0) is 31.8 Å². The fourth-order valence-electron chi connectivity index (χ4n) is 4.75. The van der Waals surface area contributed by atoms with Crippen molar-refractivity contribution in [2.45, 2.75) is 58.0 Å². The van der Waals surface area contributed by atoms with E-state index >= 15 is 0 Å². The van der Waals surface area contributed by atoms with E-state index in [1.807, 2.05) is 6.92 Å². The lowest BCUT2D eigenvalue weighted by atomic mass is 9.74. The van der Waals surface area contributed by atoms with E-state index in [1.54, 1.807) is 16.5 Å². The van der Waals surface area contributed by atoms with Gasteiger partial charge >= 0.3 is 5.56 Å². The minimum Gasteiger partial charge on any atom is -0.501 e. The number of aromatic nitrogens is 2. The van der Waals surface area contributed by atoms with Crippen LogP contribution in [-0.2, 0) is 13.0 Å². The number of likely N-dealkylation sites (N-methyl/N-ethyl adjacent to an activating group) is 1. The molecule has 2 aliphatic carbocycles. The first-order chi connectivity index (χ1) is 13.4. The fraction of sp³-hybridized carbons (Fsp3) is 0.500. The first-order valence-electron chi connectivity index (χ1n) is 10.1. The van der Waals surface area contributed by atoms with Gasteiger partial charge in [0.2, 0.25) is 5.75 Å². The number of carbonyl (C=O) groups excluding carboxylic acids is 1. The summed E-state index contributed by atoms with van der Waals surface area (Å²) < 4.78 is 1.78. The zero-order chi connectivity index (χ0) is 19.9. The summed E-state index contributed by atoms with van der Waals surface area (Å²) in [4.78, 5) is 30.9. The lowest BCUT2D eigenvalue weighted by Gasteiger charge is -2.36. The Balaban J connectivity index is 1.82. The van der Waals surface area contributed by atoms with Crippen molar-refractivity contribution in [3.05, 3.63) is 57.8 Å². The highest BCUT2D eigenvalue weighted by molar-refractivity contribution is 5.95. The molecule has 3 aliphatic rings. The summed E-state index contributed by atoms with van der Waals surface area (Å²) in [6.45, 7) is 2.49. The predicted molar refractivity (Wildman–Crippen MR) is 107 cm³/mol. The predicted octanol–water partition coefficient (Wildman–Crippen LogP) is 2.97. The van der Waals surface area contributed by atoms with Gasteiger partial charge in [-0.1, -0.05) is 43.2 Å². The SMILES string of the molecule is CC1Cn2c(CC3(C4=CC=CCC=C4)CCCC3)nc(=O)c(O)c2C(=O)N1C. The third kappa shape index (κ3) is 3.01. The number of aromatic hydroxyl groups is 1. The maximum atomic E-state index is 12.8. The summed E-state index contributed by atoms with van der Waals surface area (Å²) in [6.07, 6.45) is 16.6. The van der Waals surface area contributed by atoms with Gasteiger partial charge in [0.1, 0.15) is 5.82 Å². The maximum Gasteiger partial charge on any atom is 0.315 e. The molecule has 0 spiro atoms. The normalized spacial score (nSPS) is 23.5. The first kappa shape index (κ1) is 18.7. The summed E-state index contributed by atoms with van der Waals surface area (Å²) in [5.41, 5.74) is 0.547. The zero-order valence-electron chi connectivity index (χ0n) is 16.5. The summed E-state index contributed by atoms with van der Waals surface area (Å²) >= 11 is 0. The standard InChI is InChI=1S/C22H27N3O3/c1-15-14-25-17(23-20(27)19(26)18(25)21(28)24(15)2)13-22(11-7-8-12-22)16-9-5-3-4-6-10-16/h3,5-6,9-10,15,26H,4,7-8,11-14H2,1-2H3. The molecular formula is C22H27N3O3. The molecule has 148 valence electrons. The van der Waals surface area contributed by atoms with Crippen molar-refractivity contribution >= 4 is 5.91 Å². The Morgan fingerprint density at radius 1 is 1.25 bits per heavy atom. The number of rotatable bonds is 3. The van der Waals surface area contributed by atoms with E-state index in [9.17, 15) is 14.7 Å². The van der Waals surface area contributed by atoms with Crippen LogP contribution in [0.1, 0.15) is 55.3 Å². The van der Waals surface area contributed by atoms with Crippen molar-refractivity contribution < 1.29 is 9.90 Å². The van der Waals surface area contributed by atoms with Crippen LogP contribution in [0.2, 0.25) is 0 Å². The summed E-state index contributed by atoms with van der Waals surface area (Å²) in [5, 5.41) is 10.3. The Morgan fingerprint density at radius 2 is 2.00 bits per heavy atom. The lowest BCUT2D eigenvalue weighted by molar-refractivity contribution is 0.0660. The molecule has 1 aromatic heterocycles. The third-order valence-corrected chi connectivity index (χ3v) is 6.52. The summed E-state index contributed by atoms with van der Waals surface area (Å²) in [5.74, 6) is -0.256. The Kier molecular flexibility index (Phi) is 4.73. The van der Waals surface area contributed by atoms with Gasteiger partial charge in [-0.2, -0.15) is 4.98 Å². The van der Waals surface area contributed by atoms with Crippen molar-refractivity contribution in [1.29, 1.82) is 0 Å². The van der Waals surface area contributed by atoms with E-state index in [0.717, 1.165) is 32.1 Å². The molecule has 0 aromatic carbocycles. The van der Waals surface area contributed by atoms with Crippen LogP contribution in [0.15, 0.2) is 40.7 Å². The van der Waals surface area contributed by atoms with Crippen LogP contribution in [0.3, 0.4) is 0 Å². The molecule has 1 amide bonds. The van der Waals surface area contributed by atoms with Crippen molar-refractivity contribution in [2.75, 3.05) is 7.05 Å². The monoisotopic (exact) mass is 381 g/mol. The van der Waals surface area contributed by atoms with E-state index in [2.05, 4.69) is 35.4 Å². The molecule has 6 heteroatoms. The van der Waals surface area contributed by atoms with Gasteiger partial charge in [-0.15, -0.1) is 0 Å². The Morgan fingerprint density at radius 3 is 2.75 bits per heavy atom. The number of nitrogens with zero attached hydrogens (tertiary/aromatic N) is 3. The largest absolute Gasteiger partial charge is 0.501 e. The van der Waals surface area contributed by atoms with E-state index in [-0.39, 0.29) is 23.1 Å². The molecule has 28 heavy (non-hydrogen) atoms. The molecule has 1 N–H and O–H groups in total. The van der Waals surface area contributed by atoms with Crippen LogP contribution in [0, 0.1) is 5.41 Å². The zero-order valence-corrected chi connectivity index (χ0v) is 16.5. The fourth-order valence-corrected chi connectivity index (χ4v) is 4.75. The lowest BCUT2D eigenvalue weighted by Crippen LogP contribution is -2.46. The van der Waals surface area contributed by atoms with Crippen molar-refractivity contribution in [1.82, 2.24) is 14.5 Å². The Bertz CT molecular complexity index is 949. The van der Waals surface area contributed by atoms with Crippen LogP contribution in [0.25, 0.3) is 0 Å². The number of hydrogen-bond acceptors (Lipinski definition) is 4. The molecule has 1 saturated carbocycles. The highest BCUT2D eigenvalue weighted by Gasteiger charge is 2.40. The van der Waals surface area contributed by atoms with Crippen LogP contribution in [-0.4, -0.2) is 38.6 Å². The molecule has 1 aliphatic heterocycles. The van der Waals surface area contributed by atoms with Crippen LogP contribution >= 0.6 is 0 Å². The molecular weight excluding hydrogens is 354 g/mol. The van der Waals surface area contributed by atoms with E-state index in [4.69, 9.17) is 0 Å². The molecule has 1 unspecified atom stereocenters. The minimum atomic E-state index is -0.712. The average molecular weight is 381 g/mol. The average Bonchev–Trinajstić information content (AvgIpc) is 2.97. The van der Waals surface area contributed by atoms with E-state index < -0.39 is 11.3 Å². The molecule has 4 rings (SSSR count). The van der Waals surface area contributed by atoms with Crippen molar-refractivity contribution in [2.24, 2.45) is 5.41 Å². The van der Waals surface area contributed by atoms with Crippen LogP contribution in [0.5, 0.6) is 5.75 Å². The third-order valence-electron chi connectivity index (χ3n) is 6.52. The number of fused-ring (bicyclic) bond motifs is 1. The second-order valence-electron chi connectivity index (χ2n) is 8.26. The second-order valence-corrected chi connectivity index (χ2v) is 8.26. The van der Waals surface area contributed by atoms with Gasteiger partial charge in [0.15, 0.2) is 5.69 Å². The van der Waals surface area contributed by atoms with Gasteiger partial charge in [0.25, 0.3) is 5.91 Å². The molecule has 0 saturated heterocycles. The van der Waals surface area contributed by atoms with Gasteiger partial charge in [0.05, 0.1) is 0 Å². The summed E-state index contributed by atoms with van der Waals surface area (Å²) in [6, 6.07) is -0.0260. The molecule has 6 nitrogen and oxygen atoms in total. The van der Waals surface area contributed by atoms with Crippen LogP contribution in [0.4, 0.5) is 0 Å². The topological polar surface area (TPSA) is 75.4 Å². The van der Waals surface area contributed by atoms with Crippen molar-refractivity contribution in [3.63, 3.8) is 0 Å². The Hall–Kier alpha value is -2.63. The molecule has 1 fully saturated rings. The van der Waals surface area contributed by atoms with Crippen LogP contribution < -0.4 is 5.56 Å². The highest BCUT2D eigenvalue weighted by atomic mass is 16.3. The summed E-state index contributed by atoms with van der Waals surface area (Å²) in [7, 11) is 1.70. The second kappa shape index (κ2) is 7.08. The molecule has 1 aromatic rings. The Labute approximate surface area is 164 Å². The maximum absolute atomic E-state index is 12.8. The van der Waals surface area contributed by atoms with Gasteiger partial charge < -0.3 is 14.6 Å². The van der Waals surface area contributed by atoms with Gasteiger partial charge in [-0.3, -0.25) is 9.59 Å². The highest BCUT2D eigenvalue weighted by Crippen LogP contribution is 2.47. The molecule has 0 bridgehead atoms. The van der Waals surface area contributed by atoms with E-state index in [1.165, 1.54) is 5.57 Å².